The lowest BCUT2D eigenvalue weighted by atomic mass is 9.70. The smallest absolute Gasteiger partial charge is 0.317 e. The molecule has 1 aliphatic carbocycles. The minimum Gasteiger partial charge on any atom is -0.497 e. The SMILES string of the molecule is CCOC(=O)C1C(=O)C2=C(CC1C)NC(=O)CC2c1cc(OC)ccc1OC. The van der Waals surface area contributed by atoms with Crippen molar-refractivity contribution in [1.82, 2.24) is 5.32 Å². The Morgan fingerprint density at radius 1 is 1.18 bits per heavy atom. The van der Waals surface area contributed by atoms with Gasteiger partial charge in [-0.3, -0.25) is 14.4 Å². The van der Waals surface area contributed by atoms with Crippen molar-refractivity contribution in [2.45, 2.75) is 32.6 Å². The number of methoxy groups -OCH3 is 2. The molecule has 1 aromatic carbocycles. The molecule has 0 saturated heterocycles. The standard InChI is InChI=1S/C21H25NO6/c1-5-28-21(25)18-11(2)8-15-19(20(18)24)14(10-17(23)22-15)13-9-12(26-3)6-7-16(13)27-4/h6-7,9,11,14,18H,5,8,10H2,1-4H3,(H,22,23). The number of Topliss-reactive ketones (excluding diaryl/α,β-unsaturated/α-hetero) is 1. The maximum Gasteiger partial charge on any atom is 0.317 e. The Kier molecular flexibility index (Phi) is 5.72. The third-order valence-corrected chi connectivity index (χ3v) is 5.35. The summed E-state index contributed by atoms with van der Waals surface area (Å²) in [6.07, 6.45) is 0.525. The molecule has 3 atom stereocenters. The van der Waals surface area contributed by atoms with Gasteiger partial charge in [0, 0.05) is 29.2 Å². The number of amides is 1. The Bertz CT molecular complexity index is 843. The second kappa shape index (κ2) is 8.04. The van der Waals surface area contributed by atoms with E-state index >= 15 is 0 Å². The average Bonchev–Trinajstić information content (AvgIpc) is 2.66. The van der Waals surface area contributed by atoms with Crippen LogP contribution in [-0.2, 0) is 19.1 Å². The van der Waals surface area contributed by atoms with E-state index in [2.05, 4.69) is 5.32 Å². The van der Waals surface area contributed by atoms with Crippen LogP contribution in [0.2, 0.25) is 0 Å². The average molecular weight is 387 g/mol. The van der Waals surface area contributed by atoms with Crippen LogP contribution < -0.4 is 14.8 Å². The van der Waals surface area contributed by atoms with Gasteiger partial charge in [0.2, 0.25) is 5.91 Å². The molecule has 1 N–H and O–H groups in total. The summed E-state index contributed by atoms with van der Waals surface area (Å²) < 4.78 is 15.9. The summed E-state index contributed by atoms with van der Waals surface area (Å²) in [7, 11) is 3.09. The number of carbonyl (C=O) groups is 3. The summed E-state index contributed by atoms with van der Waals surface area (Å²) >= 11 is 0. The van der Waals surface area contributed by atoms with Crippen LogP contribution in [0.25, 0.3) is 0 Å². The van der Waals surface area contributed by atoms with Gasteiger partial charge in [-0.25, -0.2) is 0 Å². The van der Waals surface area contributed by atoms with Crippen LogP contribution in [-0.4, -0.2) is 38.5 Å². The van der Waals surface area contributed by atoms with Crippen molar-refractivity contribution in [3.05, 3.63) is 35.0 Å². The van der Waals surface area contributed by atoms with Crippen LogP contribution in [0.1, 0.15) is 38.2 Å². The van der Waals surface area contributed by atoms with Crippen molar-refractivity contribution in [1.29, 1.82) is 0 Å². The monoisotopic (exact) mass is 387 g/mol. The zero-order valence-electron chi connectivity index (χ0n) is 16.5. The van der Waals surface area contributed by atoms with Crippen LogP contribution >= 0.6 is 0 Å². The third-order valence-electron chi connectivity index (χ3n) is 5.35. The molecule has 0 bridgehead atoms. The summed E-state index contributed by atoms with van der Waals surface area (Å²) in [5.74, 6) is -1.44. The van der Waals surface area contributed by atoms with Gasteiger partial charge in [-0.2, -0.15) is 0 Å². The first kappa shape index (κ1) is 19.9. The molecule has 1 heterocycles. The molecule has 7 nitrogen and oxygen atoms in total. The summed E-state index contributed by atoms with van der Waals surface area (Å²) in [6.45, 7) is 3.75. The first-order chi connectivity index (χ1) is 13.4. The predicted molar refractivity (Wildman–Crippen MR) is 101 cm³/mol. The van der Waals surface area contributed by atoms with Crippen molar-refractivity contribution in [3.8, 4) is 11.5 Å². The van der Waals surface area contributed by atoms with E-state index in [9.17, 15) is 14.4 Å². The molecule has 28 heavy (non-hydrogen) atoms. The van der Waals surface area contributed by atoms with Crippen molar-refractivity contribution in [2.75, 3.05) is 20.8 Å². The molecule has 1 aromatic rings. The predicted octanol–water partition coefficient (Wildman–Crippen LogP) is 2.35. The number of hydrogen-bond donors (Lipinski definition) is 1. The van der Waals surface area contributed by atoms with Crippen LogP contribution in [0, 0.1) is 11.8 Å². The van der Waals surface area contributed by atoms with E-state index in [1.165, 1.54) is 7.11 Å². The molecule has 0 radical (unpaired) electrons. The Morgan fingerprint density at radius 2 is 1.93 bits per heavy atom. The van der Waals surface area contributed by atoms with Gasteiger partial charge in [0.15, 0.2) is 5.78 Å². The van der Waals surface area contributed by atoms with Crippen molar-refractivity contribution in [3.63, 3.8) is 0 Å². The Hall–Kier alpha value is -2.83. The zero-order valence-corrected chi connectivity index (χ0v) is 16.5. The highest BCUT2D eigenvalue weighted by atomic mass is 16.5. The summed E-state index contributed by atoms with van der Waals surface area (Å²) in [6, 6.07) is 5.28. The van der Waals surface area contributed by atoms with E-state index in [0.717, 1.165) is 0 Å². The molecule has 0 aromatic heterocycles. The summed E-state index contributed by atoms with van der Waals surface area (Å²) in [4.78, 5) is 38.1. The van der Waals surface area contributed by atoms with Gasteiger partial charge >= 0.3 is 5.97 Å². The second-order valence-corrected chi connectivity index (χ2v) is 7.08. The van der Waals surface area contributed by atoms with Crippen LogP contribution in [0.5, 0.6) is 11.5 Å². The Labute approximate surface area is 164 Å². The fourth-order valence-electron chi connectivity index (χ4n) is 4.08. The number of allylic oxidation sites excluding steroid dienone is 2. The number of esters is 1. The fourth-order valence-corrected chi connectivity index (χ4v) is 4.08. The first-order valence-corrected chi connectivity index (χ1v) is 9.36. The van der Waals surface area contributed by atoms with Crippen LogP contribution in [0.4, 0.5) is 0 Å². The molecule has 1 amide bonds. The number of nitrogens with one attached hydrogen (secondary N) is 1. The van der Waals surface area contributed by atoms with Crippen molar-refractivity contribution < 1.29 is 28.6 Å². The molecule has 2 aliphatic rings. The molecular formula is C21H25NO6. The van der Waals surface area contributed by atoms with Gasteiger partial charge in [-0.1, -0.05) is 6.92 Å². The first-order valence-electron chi connectivity index (χ1n) is 9.36. The minimum absolute atomic E-state index is 0.0953. The van der Waals surface area contributed by atoms with E-state index in [1.54, 1.807) is 32.2 Å². The van der Waals surface area contributed by atoms with Crippen molar-refractivity contribution in [2.24, 2.45) is 11.8 Å². The molecular weight excluding hydrogens is 362 g/mol. The van der Waals surface area contributed by atoms with Gasteiger partial charge in [0.25, 0.3) is 0 Å². The fraction of sp³-hybridized carbons (Fsp3) is 0.476. The van der Waals surface area contributed by atoms with Gasteiger partial charge in [0.05, 0.1) is 20.8 Å². The van der Waals surface area contributed by atoms with Gasteiger partial charge in [-0.05, 0) is 37.5 Å². The number of carbonyl (C=O) groups excluding carboxylic acids is 3. The largest absolute Gasteiger partial charge is 0.497 e. The molecule has 1 aliphatic heterocycles. The van der Waals surface area contributed by atoms with Gasteiger partial charge < -0.3 is 19.5 Å². The highest BCUT2D eigenvalue weighted by Crippen LogP contribution is 2.45. The number of benzene rings is 1. The van der Waals surface area contributed by atoms with Crippen LogP contribution in [0.3, 0.4) is 0 Å². The van der Waals surface area contributed by atoms with Crippen molar-refractivity contribution >= 4 is 17.7 Å². The summed E-state index contributed by atoms with van der Waals surface area (Å²) in [5.41, 5.74) is 1.74. The van der Waals surface area contributed by atoms with E-state index in [1.807, 2.05) is 6.92 Å². The molecule has 3 unspecified atom stereocenters. The highest BCUT2D eigenvalue weighted by molar-refractivity contribution is 6.11. The van der Waals surface area contributed by atoms with Gasteiger partial charge in [0.1, 0.15) is 17.4 Å². The molecule has 0 fully saturated rings. The van der Waals surface area contributed by atoms with Gasteiger partial charge in [-0.15, -0.1) is 0 Å². The molecule has 3 rings (SSSR count). The lowest BCUT2D eigenvalue weighted by Crippen LogP contribution is -2.44. The van der Waals surface area contributed by atoms with Crippen LogP contribution in [0.15, 0.2) is 29.5 Å². The summed E-state index contributed by atoms with van der Waals surface area (Å²) in [5, 5.41) is 2.83. The molecule has 0 spiro atoms. The molecule has 0 saturated carbocycles. The minimum atomic E-state index is -0.868. The van der Waals surface area contributed by atoms with E-state index < -0.39 is 17.8 Å². The second-order valence-electron chi connectivity index (χ2n) is 7.08. The maximum absolute atomic E-state index is 13.3. The third kappa shape index (κ3) is 3.48. The quantitative estimate of drug-likeness (QED) is 0.616. The van der Waals surface area contributed by atoms with E-state index in [-0.39, 0.29) is 30.6 Å². The number of hydrogen-bond acceptors (Lipinski definition) is 6. The topological polar surface area (TPSA) is 90.9 Å². The number of ether oxygens (including phenoxy) is 3. The highest BCUT2D eigenvalue weighted by Gasteiger charge is 2.46. The number of ketones is 1. The normalized spacial score (nSPS) is 24.4. The molecule has 7 heteroatoms. The lowest BCUT2D eigenvalue weighted by molar-refractivity contribution is -0.153. The lowest BCUT2D eigenvalue weighted by Gasteiger charge is -2.36. The number of rotatable bonds is 5. The maximum atomic E-state index is 13.3. The van der Waals surface area contributed by atoms with E-state index in [4.69, 9.17) is 14.2 Å². The Balaban J connectivity index is 2.10. The molecule has 150 valence electrons. The van der Waals surface area contributed by atoms with E-state index in [0.29, 0.717) is 34.8 Å². The Morgan fingerprint density at radius 3 is 2.57 bits per heavy atom. The zero-order chi connectivity index (χ0) is 20.4.